The Labute approximate surface area is 185 Å². The summed E-state index contributed by atoms with van der Waals surface area (Å²) in [5.74, 6) is 0.146. The largest absolute Gasteiger partial charge is 0.339 e. The van der Waals surface area contributed by atoms with E-state index in [0.29, 0.717) is 31.0 Å². The summed E-state index contributed by atoms with van der Waals surface area (Å²) in [6, 6.07) is 5.79. The Morgan fingerprint density at radius 1 is 1.19 bits per heavy atom. The third-order valence-electron chi connectivity index (χ3n) is 5.88. The van der Waals surface area contributed by atoms with Gasteiger partial charge in [0, 0.05) is 24.3 Å². The number of hydrogen-bond donors (Lipinski definition) is 1. The summed E-state index contributed by atoms with van der Waals surface area (Å²) in [4.78, 5) is 43.7. The maximum absolute atomic E-state index is 13.4. The van der Waals surface area contributed by atoms with Crippen molar-refractivity contribution in [3.05, 3.63) is 61.7 Å². The quantitative estimate of drug-likeness (QED) is 0.634. The van der Waals surface area contributed by atoms with Gasteiger partial charge in [-0.1, -0.05) is 37.2 Å². The minimum atomic E-state index is -0.567. The summed E-state index contributed by atoms with van der Waals surface area (Å²) in [5.41, 5.74) is 2.44. The van der Waals surface area contributed by atoms with Gasteiger partial charge in [-0.25, -0.2) is 4.79 Å². The van der Waals surface area contributed by atoms with Crippen LogP contribution in [0.4, 0.5) is 5.69 Å². The molecule has 0 atom stereocenters. The van der Waals surface area contributed by atoms with Gasteiger partial charge in [-0.3, -0.25) is 18.7 Å². The number of hydrogen-bond acceptors (Lipinski definition) is 6. The predicted molar refractivity (Wildman–Crippen MR) is 120 cm³/mol. The lowest BCUT2D eigenvalue weighted by Gasteiger charge is -2.22. The summed E-state index contributed by atoms with van der Waals surface area (Å²) in [7, 11) is 0. The summed E-state index contributed by atoms with van der Waals surface area (Å²) in [6.45, 7) is 5.89. The Kier molecular flexibility index (Phi) is 6.07. The summed E-state index contributed by atoms with van der Waals surface area (Å²) >= 11 is 0. The number of nitrogens with one attached hydrogen (secondary N) is 1. The summed E-state index contributed by atoms with van der Waals surface area (Å²) < 4.78 is 7.75. The zero-order valence-corrected chi connectivity index (χ0v) is 18.6. The fraction of sp³-hybridized carbons (Fsp3) is 0.435. The van der Waals surface area contributed by atoms with Crippen molar-refractivity contribution in [1.29, 1.82) is 0 Å². The van der Waals surface area contributed by atoms with Gasteiger partial charge >= 0.3 is 5.69 Å². The van der Waals surface area contributed by atoms with E-state index in [1.165, 1.54) is 0 Å². The molecule has 1 N–H and O–H groups in total. The first-order valence-electron chi connectivity index (χ1n) is 11.0. The maximum atomic E-state index is 13.4. The van der Waals surface area contributed by atoms with Crippen molar-refractivity contribution in [2.75, 3.05) is 5.32 Å². The Balaban J connectivity index is 1.76. The average molecular weight is 438 g/mol. The number of anilines is 1. The Bertz CT molecular complexity index is 1280. The van der Waals surface area contributed by atoms with Crippen LogP contribution in [0.2, 0.25) is 0 Å². The molecule has 0 bridgehead atoms. The third kappa shape index (κ3) is 3.90. The molecule has 32 heavy (non-hydrogen) atoms. The van der Waals surface area contributed by atoms with Gasteiger partial charge in [0.2, 0.25) is 17.6 Å². The molecule has 1 amide bonds. The first-order chi connectivity index (χ1) is 15.4. The van der Waals surface area contributed by atoms with E-state index in [9.17, 15) is 14.4 Å². The highest BCUT2D eigenvalue weighted by Gasteiger charge is 2.26. The van der Waals surface area contributed by atoms with Gasteiger partial charge in [0.15, 0.2) is 0 Å². The zero-order chi connectivity index (χ0) is 22.8. The minimum Gasteiger partial charge on any atom is -0.339 e. The van der Waals surface area contributed by atoms with Crippen molar-refractivity contribution >= 4 is 11.6 Å². The monoisotopic (exact) mass is 437 g/mol. The molecule has 0 unspecified atom stereocenters. The van der Waals surface area contributed by atoms with Gasteiger partial charge < -0.3 is 9.84 Å². The standard InChI is InChI=1S/C23H27N5O4/c1-4-15-10-8-9-14(3)20(15)24-17(29)13-28-22(30)19(21-25-18(5-2)32-26-21)16-11-6-7-12-27(16)23(28)31/h8-10H,4-7,11-13H2,1-3H3,(H,24,29). The predicted octanol–water partition coefficient (Wildman–Crippen LogP) is 2.47. The lowest BCUT2D eigenvalue weighted by Crippen LogP contribution is -2.45. The zero-order valence-electron chi connectivity index (χ0n) is 18.6. The number of rotatable bonds is 6. The van der Waals surface area contributed by atoms with Crippen molar-refractivity contribution in [2.45, 2.75) is 66.0 Å². The van der Waals surface area contributed by atoms with Crippen LogP contribution < -0.4 is 16.6 Å². The second-order valence-corrected chi connectivity index (χ2v) is 7.98. The van der Waals surface area contributed by atoms with Crippen molar-refractivity contribution < 1.29 is 9.32 Å². The van der Waals surface area contributed by atoms with Gasteiger partial charge in [0.1, 0.15) is 12.1 Å². The van der Waals surface area contributed by atoms with Crippen LogP contribution in [0.1, 0.15) is 49.4 Å². The van der Waals surface area contributed by atoms with Crippen molar-refractivity contribution in [2.24, 2.45) is 0 Å². The second kappa shape index (κ2) is 8.94. The fourth-order valence-electron chi connectivity index (χ4n) is 4.18. The average Bonchev–Trinajstić information content (AvgIpc) is 3.27. The molecule has 0 aliphatic carbocycles. The number of benzene rings is 1. The third-order valence-corrected chi connectivity index (χ3v) is 5.88. The topological polar surface area (TPSA) is 112 Å². The van der Waals surface area contributed by atoms with Gasteiger partial charge in [-0.05, 0) is 43.7 Å². The molecule has 1 aliphatic heterocycles. The fourth-order valence-corrected chi connectivity index (χ4v) is 4.18. The molecular formula is C23H27N5O4. The molecule has 9 heteroatoms. The highest BCUT2D eigenvalue weighted by molar-refractivity contribution is 5.92. The van der Waals surface area contributed by atoms with Crippen molar-refractivity contribution in [3.8, 4) is 11.4 Å². The van der Waals surface area contributed by atoms with E-state index < -0.39 is 17.2 Å². The minimum absolute atomic E-state index is 0.166. The van der Waals surface area contributed by atoms with Crippen LogP contribution in [0.3, 0.4) is 0 Å². The molecule has 168 valence electrons. The van der Waals surface area contributed by atoms with Gasteiger partial charge in [0.05, 0.1) is 0 Å². The van der Waals surface area contributed by atoms with E-state index in [1.807, 2.05) is 39.0 Å². The molecule has 3 aromatic rings. The molecular weight excluding hydrogens is 410 g/mol. The Hall–Kier alpha value is -3.49. The molecule has 4 rings (SSSR count). The number of carbonyl (C=O) groups is 1. The molecule has 1 aromatic carbocycles. The van der Waals surface area contributed by atoms with Crippen molar-refractivity contribution in [3.63, 3.8) is 0 Å². The van der Waals surface area contributed by atoms with Crippen LogP contribution in [0.5, 0.6) is 0 Å². The van der Waals surface area contributed by atoms with Gasteiger partial charge in [-0.2, -0.15) is 4.98 Å². The van der Waals surface area contributed by atoms with Gasteiger partial charge in [-0.15, -0.1) is 0 Å². The number of fused-ring (bicyclic) bond motifs is 1. The van der Waals surface area contributed by atoms with Crippen LogP contribution in [-0.4, -0.2) is 25.2 Å². The highest BCUT2D eigenvalue weighted by atomic mass is 16.5. The maximum Gasteiger partial charge on any atom is 0.331 e. The van der Waals surface area contributed by atoms with Gasteiger partial charge in [0.25, 0.3) is 5.56 Å². The number of nitrogens with zero attached hydrogens (tertiary/aromatic N) is 4. The molecule has 2 aromatic heterocycles. The van der Waals surface area contributed by atoms with E-state index in [1.54, 1.807) is 4.57 Å². The van der Waals surface area contributed by atoms with E-state index in [0.717, 1.165) is 40.6 Å². The van der Waals surface area contributed by atoms with Crippen molar-refractivity contribution in [1.82, 2.24) is 19.3 Å². The second-order valence-electron chi connectivity index (χ2n) is 7.98. The number of carbonyl (C=O) groups excluding carboxylic acids is 1. The molecule has 0 saturated carbocycles. The van der Waals surface area contributed by atoms with E-state index in [-0.39, 0.29) is 17.9 Å². The molecule has 0 radical (unpaired) electrons. The summed E-state index contributed by atoms with van der Waals surface area (Å²) in [5, 5.41) is 6.85. The molecule has 0 spiro atoms. The SMILES string of the molecule is CCc1nc(-c2c3n(c(=O)n(CC(=O)Nc4c(C)cccc4CC)c2=O)CCCC3)no1. The van der Waals surface area contributed by atoms with E-state index >= 15 is 0 Å². The van der Waals surface area contributed by atoms with Crippen LogP contribution in [0.15, 0.2) is 32.3 Å². The van der Waals surface area contributed by atoms with Crippen LogP contribution in [0, 0.1) is 6.92 Å². The number of amides is 1. The molecule has 0 saturated heterocycles. The highest BCUT2D eigenvalue weighted by Crippen LogP contribution is 2.23. The lowest BCUT2D eigenvalue weighted by molar-refractivity contribution is -0.116. The lowest BCUT2D eigenvalue weighted by atomic mass is 10.0. The number of aryl methyl sites for hydroxylation is 3. The van der Waals surface area contributed by atoms with Crippen LogP contribution >= 0.6 is 0 Å². The smallest absolute Gasteiger partial charge is 0.331 e. The van der Waals surface area contributed by atoms with Crippen LogP contribution in [-0.2, 0) is 37.1 Å². The summed E-state index contributed by atoms with van der Waals surface area (Å²) in [6.07, 6.45) is 3.55. The molecule has 0 fully saturated rings. The first kappa shape index (κ1) is 21.7. The van der Waals surface area contributed by atoms with E-state index in [4.69, 9.17) is 4.52 Å². The molecule has 3 heterocycles. The number of para-hydroxylation sites is 1. The Morgan fingerprint density at radius 3 is 2.72 bits per heavy atom. The molecule has 1 aliphatic rings. The van der Waals surface area contributed by atoms with E-state index in [2.05, 4.69) is 15.5 Å². The van der Waals surface area contributed by atoms with Crippen LogP contribution in [0.25, 0.3) is 11.4 Å². The Morgan fingerprint density at radius 2 is 2.00 bits per heavy atom. The normalized spacial score (nSPS) is 13.1. The molecule has 9 nitrogen and oxygen atoms in total. The first-order valence-corrected chi connectivity index (χ1v) is 11.0. The number of aromatic nitrogens is 4.